The predicted octanol–water partition coefficient (Wildman–Crippen LogP) is 2.36. The van der Waals surface area contributed by atoms with Gasteiger partial charge in [0.1, 0.15) is 5.75 Å². The molecule has 0 spiro atoms. The van der Waals surface area contributed by atoms with Crippen molar-refractivity contribution in [1.29, 1.82) is 0 Å². The van der Waals surface area contributed by atoms with Crippen LogP contribution >= 0.6 is 0 Å². The Bertz CT molecular complexity index is 1260. The molecule has 4 rings (SSSR count). The molecule has 0 aliphatic carbocycles. The number of aromatic amines is 1. The summed E-state index contributed by atoms with van der Waals surface area (Å²) < 4.78 is 32.6. The van der Waals surface area contributed by atoms with E-state index >= 15 is 0 Å². The fraction of sp³-hybridized carbons (Fsp3) is 0.333. The first-order valence-corrected chi connectivity index (χ1v) is 12.7. The van der Waals surface area contributed by atoms with Crippen LogP contribution in [-0.4, -0.2) is 49.2 Å². The van der Waals surface area contributed by atoms with Crippen molar-refractivity contribution in [1.82, 2.24) is 20.1 Å². The number of rotatable bonds is 7. The Morgan fingerprint density at radius 1 is 1.06 bits per heavy atom. The smallest absolute Gasteiger partial charge is 0.243 e. The van der Waals surface area contributed by atoms with Crippen LogP contribution in [0, 0.1) is 5.92 Å². The SMILES string of the molecule is CCOc1ccc(S(=O)(=O)N2CCC(C(=O)NNC(=O)Cc3c[nH]c4ccccc34)CC2)cc1. The average Bonchev–Trinajstić information content (AvgIpc) is 3.26. The highest BCUT2D eigenvalue weighted by atomic mass is 32.2. The number of H-pyrrole nitrogens is 1. The molecule has 10 heteroatoms. The van der Waals surface area contributed by atoms with Gasteiger partial charge in [-0.2, -0.15) is 4.31 Å². The molecule has 1 aliphatic rings. The van der Waals surface area contributed by atoms with Crippen molar-refractivity contribution in [3.63, 3.8) is 0 Å². The van der Waals surface area contributed by atoms with Gasteiger partial charge in [0.25, 0.3) is 0 Å². The standard InChI is InChI=1S/C24H28N4O5S/c1-2-33-19-7-9-20(10-8-19)34(31,32)28-13-11-17(12-14-28)24(30)27-26-23(29)15-18-16-25-22-6-4-3-5-21(18)22/h3-10,16-17,25H,2,11-15H2,1H3,(H,26,29)(H,27,30). The van der Waals surface area contributed by atoms with E-state index in [9.17, 15) is 18.0 Å². The summed E-state index contributed by atoms with van der Waals surface area (Å²) in [5, 5.41) is 0.963. The van der Waals surface area contributed by atoms with Gasteiger partial charge in [0.05, 0.1) is 17.9 Å². The maximum atomic E-state index is 12.9. The maximum Gasteiger partial charge on any atom is 0.243 e. The second kappa shape index (κ2) is 10.3. The Kier molecular flexibility index (Phi) is 7.18. The summed E-state index contributed by atoms with van der Waals surface area (Å²) in [6.45, 7) is 2.83. The number of carbonyl (C=O) groups excluding carboxylic acids is 2. The van der Waals surface area contributed by atoms with Gasteiger partial charge in [-0.1, -0.05) is 18.2 Å². The number of carbonyl (C=O) groups is 2. The third-order valence-electron chi connectivity index (χ3n) is 5.95. The molecule has 1 aromatic heterocycles. The number of ether oxygens (including phenoxy) is 1. The minimum Gasteiger partial charge on any atom is -0.494 e. The van der Waals surface area contributed by atoms with E-state index in [0.717, 1.165) is 16.5 Å². The van der Waals surface area contributed by atoms with Gasteiger partial charge < -0.3 is 9.72 Å². The van der Waals surface area contributed by atoms with Gasteiger partial charge in [-0.05, 0) is 55.7 Å². The number of nitrogens with one attached hydrogen (secondary N) is 3. The van der Waals surface area contributed by atoms with Crippen LogP contribution in [0.2, 0.25) is 0 Å². The Morgan fingerprint density at radius 2 is 1.76 bits per heavy atom. The van der Waals surface area contributed by atoms with Crippen LogP contribution in [0.4, 0.5) is 0 Å². The summed E-state index contributed by atoms with van der Waals surface area (Å²) in [7, 11) is -3.64. The highest BCUT2D eigenvalue weighted by molar-refractivity contribution is 7.89. The van der Waals surface area contributed by atoms with Gasteiger partial charge in [0.2, 0.25) is 21.8 Å². The fourth-order valence-electron chi connectivity index (χ4n) is 4.11. The van der Waals surface area contributed by atoms with Crippen molar-refractivity contribution in [2.75, 3.05) is 19.7 Å². The third-order valence-corrected chi connectivity index (χ3v) is 7.86. The number of amides is 2. The molecule has 9 nitrogen and oxygen atoms in total. The zero-order valence-corrected chi connectivity index (χ0v) is 19.7. The lowest BCUT2D eigenvalue weighted by atomic mass is 9.98. The molecule has 3 N–H and O–H groups in total. The van der Waals surface area contributed by atoms with Crippen LogP contribution in [0.5, 0.6) is 5.75 Å². The summed E-state index contributed by atoms with van der Waals surface area (Å²) in [5.41, 5.74) is 6.74. The number of nitrogens with zero attached hydrogens (tertiary/aromatic N) is 1. The number of aromatic nitrogens is 1. The molecule has 0 bridgehead atoms. The molecule has 2 aromatic carbocycles. The molecular formula is C24H28N4O5S. The molecule has 3 aromatic rings. The van der Waals surface area contributed by atoms with E-state index in [0.29, 0.717) is 25.2 Å². The van der Waals surface area contributed by atoms with Crippen LogP contribution in [0.3, 0.4) is 0 Å². The van der Waals surface area contributed by atoms with Crippen LogP contribution in [-0.2, 0) is 26.0 Å². The highest BCUT2D eigenvalue weighted by Gasteiger charge is 2.32. The summed E-state index contributed by atoms with van der Waals surface area (Å²) in [5.74, 6) is -0.400. The van der Waals surface area contributed by atoms with Gasteiger partial charge in [0, 0.05) is 36.1 Å². The third kappa shape index (κ3) is 5.23. The molecule has 180 valence electrons. The first-order valence-electron chi connectivity index (χ1n) is 11.2. The first-order chi connectivity index (χ1) is 16.4. The number of piperidine rings is 1. The minimum absolute atomic E-state index is 0.128. The van der Waals surface area contributed by atoms with Crippen molar-refractivity contribution in [2.24, 2.45) is 5.92 Å². The van der Waals surface area contributed by atoms with E-state index in [4.69, 9.17) is 4.74 Å². The van der Waals surface area contributed by atoms with Crippen LogP contribution < -0.4 is 15.6 Å². The highest BCUT2D eigenvalue weighted by Crippen LogP contribution is 2.25. The van der Waals surface area contributed by atoms with Crippen LogP contribution in [0.1, 0.15) is 25.3 Å². The lowest BCUT2D eigenvalue weighted by Gasteiger charge is -2.30. The minimum atomic E-state index is -3.64. The van der Waals surface area contributed by atoms with E-state index in [1.807, 2.05) is 31.2 Å². The molecule has 1 aliphatic heterocycles. The summed E-state index contributed by atoms with van der Waals surface area (Å²) >= 11 is 0. The van der Waals surface area contributed by atoms with E-state index < -0.39 is 10.0 Å². The summed E-state index contributed by atoms with van der Waals surface area (Å²) in [6, 6.07) is 14.0. The van der Waals surface area contributed by atoms with Gasteiger partial charge >= 0.3 is 0 Å². The molecular weight excluding hydrogens is 456 g/mol. The summed E-state index contributed by atoms with van der Waals surface area (Å²) in [6.07, 6.45) is 2.66. The van der Waals surface area contributed by atoms with Gasteiger partial charge in [-0.3, -0.25) is 20.4 Å². The molecule has 0 atom stereocenters. The number of benzene rings is 2. The van der Waals surface area contributed by atoms with Crippen molar-refractivity contribution in [3.8, 4) is 5.75 Å². The monoisotopic (exact) mass is 484 g/mol. The Hall–Kier alpha value is -3.37. The Balaban J connectivity index is 1.26. The topological polar surface area (TPSA) is 121 Å². The van der Waals surface area contributed by atoms with Crippen molar-refractivity contribution in [3.05, 3.63) is 60.3 Å². The Labute approximate surface area is 198 Å². The first kappa shape index (κ1) is 23.8. The van der Waals surface area contributed by atoms with Gasteiger partial charge in [-0.25, -0.2) is 8.42 Å². The molecule has 0 unspecified atom stereocenters. The number of fused-ring (bicyclic) bond motifs is 1. The van der Waals surface area contributed by atoms with E-state index in [1.165, 1.54) is 16.4 Å². The lowest BCUT2D eigenvalue weighted by molar-refractivity contribution is -0.131. The molecule has 1 saturated heterocycles. The normalized spacial score (nSPS) is 15.2. The predicted molar refractivity (Wildman–Crippen MR) is 127 cm³/mol. The zero-order chi connectivity index (χ0) is 24.1. The molecule has 1 fully saturated rings. The second-order valence-electron chi connectivity index (χ2n) is 8.16. The van der Waals surface area contributed by atoms with E-state index in [1.54, 1.807) is 18.3 Å². The number of hydrazine groups is 1. The van der Waals surface area contributed by atoms with Crippen molar-refractivity contribution >= 4 is 32.7 Å². The lowest BCUT2D eigenvalue weighted by Crippen LogP contribution is -2.48. The molecule has 2 amide bonds. The van der Waals surface area contributed by atoms with Crippen LogP contribution in [0.25, 0.3) is 10.9 Å². The van der Waals surface area contributed by atoms with Crippen molar-refractivity contribution in [2.45, 2.75) is 31.1 Å². The largest absolute Gasteiger partial charge is 0.494 e. The number of sulfonamides is 1. The fourth-order valence-corrected chi connectivity index (χ4v) is 5.58. The van der Waals surface area contributed by atoms with Crippen LogP contribution in [0.15, 0.2) is 59.6 Å². The van der Waals surface area contributed by atoms with E-state index in [-0.39, 0.29) is 42.1 Å². The molecule has 0 saturated carbocycles. The quantitative estimate of drug-likeness (QED) is 0.445. The summed E-state index contributed by atoms with van der Waals surface area (Å²) in [4.78, 5) is 28.2. The zero-order valence-electron chi connectivity index (χ0n) is 18.9. The van der Waals surface area contributed by atoms with E-state index in [2.05, 4.69) is 15.8 Å². The van der Waals surface area contributed by atoms with Gasteiger partial charge in [-0.15, -0.1) is 0 Å². The number of hydrogen-bond donors (Lipinski definition) is 3. The van der Waals surface area contributed by atoms with Crippen molar-refractivity contribution < 1.29 is 22.7 Å². The molecule has 0 radical (unpaired) electrons. The maximum absolute atomic E-state index is 12.9. The molecule has 34 heavy (non-hydrogen) atoms. The van der Waals surface area contributed by atoms with Gasteiger partial charge in [0.15, 0.2) is 0 Å². The molecule has 2 heterocycles. The Morgan fingerprint density at radius 3 is 2.47 bits per heavy atom. The number of para-hydroxylation sites is 1. The number of hydrogen-bond acceptors (Lipinski definition) is 5. The average molecular weight is 485 g/mol. The second-order valence-corrected chi connectivity index (χ2v) is 10.1.